The molecule has 2 heteroatoms. The molecule has 0 amide bonds. The first-order valence-electron chi connectivity index (χ1n) is 4.72. The fourth-order valence-corrected chi connectivity index (χ4v) is 1.70. The average molecular weight is 187 g/mol. The van der Waals surface area contributed by atoms with Gasteiger partial charge in [-0.3, -0.25) is 0 Å². The number of thiocarbonyl (C=S) groups is 1. The highest BCUT2D eigenvalue weighted by Gasteiger charge is 2.39. The van der Waals surface area contributed by atoms with Gasteiger partial charge in [0.2, 0.25) is 0 Å². The van der Waals surface area contributed by atoms with Crippen molar-refractivity contribution >= 4 is 17.2 Å². The summed E-state index contributed by atoms with van der Waals surface area (Å²) in [7, 11) is 2.08. The molecule has 1 saturated heterocycles. The van der Waals surface area contributed by atoms with Crippen LogP contribution in [-0.2, 0) is 0 Å². The monoisotopic (exact) mass is 187 g/mol. The van der Waals surface area contributed by atoms with Crippen LogP contribution in [-0.4, -0.2) is 23.5 Å². The lowest BCUT2D eigenvalue weighted by Gasteiger charge is -2.22. The van der Waals surface area contributed by atoms with Crippen molar-refractivity contribution in [2.45, 2.75) is 34.6 Å². The third-order valence-electron chi connectivity index (χ3n) is 2.68. The van der Waals surface area contributed by atoms with Gasteiger partial charge in [-0.2, -0.15) is 0 Å². The van der Waals surface area contributed by atoms with Crippen molar-refractivity contribution < 1.29 is 0 Å². The van der Waals surface area contributed by atoms with Crippen LogP contribution in [0.4, 0.5) is 0 Å². The van der Waals surface area contributed by atoms with Crippen LogP contribution in [0.5, 0.6) is 0 Å². The van der Waals surface area contributed by atoms with E-state index in [9.17, 15) is 0 Å². The summed E-state index contributed by atoms with van der Waals surface area (Å²) < 4.78 is 0. The summed E-state index contributed by atoms with van der Waals surface area (Å²) in [6.45, 7) is 11.8. The molecule has 0 bridgehead atoms. The summed E-state index contributed by atoms with van der Waals surface area (Å²) in [5, 5.41) is 0. The van der Waals surface area contributed by atoms with Gasteiger partial charge in [-0.1, -0.05) is 46.8 Å². The van der Waals surface area contributed by atoms with Crippen LogP contribution in [0.2, 0.25) is 0 Å². The molecule has 12 heavy (non-hydrogen) atoms. The Morgan fingerprint density at radius 3 is 1.92 bits per heavy atom. The minimum absolute atomic E-state index is 0.240. The van der Waals surface area contributed by atoms with Crippen LogP contribution in [0, 0.1) is 11.3 Å². The molecule has 1 unspecified atom stereocenters. The van der Waals surface area contributed by atoms with E-state index in [2.05, 4.69) is 32.7 Å². The Balaban J connectivity index is 0.000000561. The molecule has 0 spiro atoms. The molecule has 0 aromatic rings. The van der Waals surface area contributed by atoms with Gasteiger partial charge in [-0.25, -0.2) is 0 Å². The second kappa shape index (κ2) is 4.22. The Hall–Kier alpha value is -0.110. The molecule has 72 valence electrons. The van der Waals surface area contributed by atoms with Crippen molar-refractivity contribution in [2.75, 3.05) is 13.6 Å². The third-order valence-corrected chi connectivity index (χ3v) is 3.52. The third kappa shape index (κ3) is 1.98. The lowest BCUT2D eigenvalue weighted by Crippen LogP contribution is -2.26. The van der Waals surface area contributed by atoms with E-state index in [0.717, 1.165) is 11.5 Å². The van der Waals surface area contributed by atoms with Crippen LogP contribution >= 0.6 is 12.2 Å². The molecule has 1 rings (SSSR count). The lowest BCUT2D eigenvalue weighted by molar-refractivity contribution is 0.366. The highest BCUT2D eigenvalue weighted by molar-refractivity contribution is 7.80. The first kappa shape index (κ1) is 11.9. The Bertz CT molecular complexity index is 163. The Labute approximate surface area is 82.1 Å². The van der Waals surface area contributed by atoms with Crippen molar-refractivity contribution in [1.29, 1.82) is 0 Å². The summed E-state index contributed by atoms with van der Waals surface area (Å²) in [5.74, 6) is 0.699. The Morgan fingerprint density at radius 2 is 1.83 bits per heavy atom. The van der Waals surface area contributed by atoms with Gasteiger partial charge in [-0.15, -0.1) is 0 Å². The highest BCUT2D eigenvalue weighted by atomic mass is 32.1. The molecular formula is C10H21NS. The zero-order chi connectivity index (χ0) is 9.94. The summed E-state index contributed by atoms with van der Waals surface area (Å²) in [6.07, 6.45) is 0. The zero-order valence-corrected chi connectivity index (χ0v) is 9.96. The predicted octanol–water partition coefficient (Wildman–Crippen LogP) is 2.95. The van der Waals surface area contributed by atoms with Crippen molar-refractivity contribution in [3.05, 3.63) is 0 Å². The number of hydrogen-bond acceptors (Lipinski definition) is 1. The molecule has 1 heterocycles. The SMILES string of the molecule is CC.CC1CN(C)C(=S)C1(C)C. The first-order chi connectivity index (χ1) is 5.46. The molecule has 0 radical (unpaired) electrons. The summed E-state index contributed by atoms with van der Waals surface area (Å²) in [5.41, 5.74) is 0.240. The smallest absolute Gasteiger partial charge is 0.0837 e. The molecular weight excluding hydrogens is 166 g/mol. The van der Waals surface area contributed by atoms with Gasteiger partial charge in [0.1, 0.15) is 0 Å². The van der Waals surface area contributed by atoms with Crippen LogP contribution in [0.25, 0.3) is 0 Å². The van der Waals surface area contributed by atoms with E-state index in [4.69, 9.17) is 12.2 Å². The maximum Gasteiger partial charge on any atom is 0.0837 e. The second-order valence-electron chi connectivity index (χ2n) is 3.81. The van der Waals surface area contributed by atoms with E-state index in [-0.39, 0.29) is 5.41 Å². The quantitative estimate of drug-likeness (QED) is 0.536. The van der Waals surface area contributed by atoms with Gasteiger partial charge in [-0.05, 0) is 5.92 Å². The number of nitrogens with zero attached hydrogens (tertiary/aromatic N) is 1. The van der Waals surface area contributed by atoms with E-state index < -0.39 is 0 Å². The topological polar surface area (TPSA) is 3.24 Å². The van der Waals surface area contributed by atoms with Crippen molar-refractivity contribution in [3.63, 3.8) is 0 Å². The largest absolute Gasteiger partial charge is 0.368 e. The number of rotatable bonds is 0. The Kier molecular flexibility index (Phi) is 4.18. The van der Waals surface area contributed by atoms with Gasteiger partial charge in [0.15, 0.2) is 0 Å². The van der Waals surface area contributed by atoms with Crippen molar-refractivity contribution in [1.82, 2.24) is 4.90 Å². The lowest BCUT2D eigenvalue weighted by atomic mass is 9.83. The van der Waals surface area contributed by atoms with E-state index in [1.54, 1.807) is 0 Å². The van der Waals surface area contributed by atoms with Crippen LogP contribution in [0.1, 0.15) is 34.6 Å². The van der Waals surface area contributed by atoms with E-state index in [1.807, 2.05) is 13.8 Å². The summed E-state index contributed by atoms with van der Waals surface area (Å²) in [6, 6.07) is 0. The molecule has 1 fully saturated rings. The zero-order valence-electron chi connectivity index (χ0n) is 9.14. The van der Waals surface area contributed by atoms with E-state index >= 15 is 0 Å². The number of hydrogen-bond donors (Lipinski definition) is 0. The van der Waals surface area contributed by atoms with Gasteiger partial charge in [0.05, 0.1) is 4.99 Å². The fraction of sp³-hybridized carbons (Fsp3) is 0.900. The van der Waals surface area contributed by atoms with Gasteiger partial charge >= 0.3 is 0 Å². The number of likely N-dealkylation sites (tertiary alicyclic amines) is 1. The van der Waals surface area contributed by atoms with E-state index in [0.29, 0.717) is 5.92 Å². The molecule has 0 N–H and O–H groups in total. The molecule has 0 aliphatic carbocycles. The molecule has 0 aromatic carbocycles. The maximum atomic E-state index is 5.28. The minimum atomic E-state index is 0.240. The molecule has 1 aliphatic heterocycles. The van der Waals surface area contributed by atoms with Crippen molar-refractivity contribution in [3.8, 4) is 0 Å². The van der Waals surface area contributed by atoms with Gasteiger partial charge < -0.3 is 4.90 Å². The van der Waals surface area contributed by atoms with Gasteiger partial charge in [0, 0.05) is 19.0 Å². The van der Waals surface area contributed by atoms with Crippen LogP contribution in [0.3, 0.4) is 0 Å². The second-order valence-corrected chi connectivity index (χ2v) is 4.20. The summed E-state index contributed by atoms with van der Waals surface area (Å²) in [4.78, 5) is 3.29. The molecule has 1 aliphatic rings. The molecule has 0 saturated carbocycles. The fourth-order valence-electron chi connectivity index (χ4n) is 1.42. The molecule has 1 atom stereocenters. The maximum absolute atomic E-state index is 5.28. The molecule has 1 nitrogen and oxygen atoms in total. The summed E-state index contributed by atoms with van der Waals surface area (Å²) >= 11 is 5.28. The first-order valence-corrected chi connectivity index (χ1v) is 5.12. The predicted molar refractivity (Wildman–Crippen MR) is 59.5 cm³/mol. The van der Waals surface area contributed by atoms with Crippen LogP contribution in [0.15, 0.2) is 0 Å². The van der Waals surface area contributed by atoms with Gasteiger partial charge in [0.25, 0.3) is 0 Å². The minimum Gasteiger partial charge on any atom is -0.368 e. The highest BCUT2D eigenvalue weighted by Crippen LogP contribution is 2.35. The Morgan fingerprint density at radius 1 is 1.42 bits per heavy atom. The van der Waals surface area contributed by atoms with Crippen LogP contribution < -0.4 is 0 Å². The van der Waals surface area contributed by atoms with Crippen molar-refractivity contribution in [2.24, 2.45) is 11.3 Å². The molecule has 0 aromatic heterocycles. The standard InChI is InChI=1S/C8H15NS.C2H6/c1-6-5-9(4)7(10)8(6,2)3;1-2/h6H,5H2,1-4H3;1-2H3. The van der Waals surface area contributed by atoms with E-state index in [1.165, 1.54) is 0 Å². The average Bonchev–Trinajstić information content (AvgIpc) is 2.20. The normalized spacial score (nSPS) is 26.7.